The van der Waals surface area contributed by atoms with Gasteiger partial charge in [0.2, 0.25) is 5.91 Å². The molecule has 0 heterocycles. The molecule has 0 aromatic heterocycles. The first-order chi connectivity index (χ1) is 8.65. The Hall–Kier alpha value is -1.39. The van der Waals surface area contributed by atoms with E-state index in [1.807, 2.05) is 31.2 Å². The number of nitrogens with one attached hydrogen (secondary N) is 1. The number of amides is 1. The van der Waals surface area contributed by atoms with Crippen LogP contribution < -0.4 is 5.32 Å². The summed E-state index contributed by atoms with van der Waals surface area (Å²) in [6, 6.07) is 7.55. The highest BCUT2D eigenvalue weighted by molar-refractivity contribution is 5.76. The monoisotopic (exact) mass is 251 g/mol. The van der Waals surface area contributed by atoms with Crippen LogP contribution in [0.1, 0.15) is 24.5 Å². The van der Waals surface area contributed by atoms with Crippen molar-refractivity contribution in [1.82, 2.24) is 5.32 Å². The van der Waals surface area contributed by atoms with Crippen LogP contribution in [0, 0.1) is 5.92 Å². The van der Waals surface area contributed by atoms with Crippen LogP contribution in [-0.2, 0) is 22.7 Å². The summed E-state index contributed by atoms with van der Waals surface area (Å²) in [5.41, 5.74) is 1.85. The molecule has 0 spiro atoms. The molecule has 1 aromatic carbocycles. The summed E-state index contributed by atoms with van der Waals surface area (Å²) in [6.45, 7) is 3.09. The number of benzene rings is 1. The number of rotatable bonds is 7. The van der Waals surface area contributed by atoms with Crippen molar-refractivity contribution in [1.29, 1.82) is 0 Å². The van der Waals surface area contributed by atoms with E-state index in [4.69, 9.17) is 9.84 Å². The Balaban J connectivity index is 2.37. The number of ether oxygens (including phenoxy) is 1. The zero-order valence-corrected chi connectivity index (χ0v) is 11.0. The summed E-state index contributed by atoms with van der Waals surface area (Å²) < 4.78 is 4.99. The van der Waals surface area contributed by atoms with Gasteiger partial charge in [-0.25, -0.2) is 0 Å². The van der Waals surface area contributed by atoms with Crippen LogP contribution in [0.15, 0.2) is 24.3 Å². The van der Waals surface area contributed by atoms with Crippen molar-refractivity contribution in [3.63, 3.8) is 0 Å². The van der Waals surface area contributed by atoms with E-state index in [0.717, 1.165) is 11.1 Å². The Morgan fingerprint density at radius 3 is 2.83 bits per heavy atom. The van der Waals surface area contributed by atoms with Crippen molar-refractivity contribution in [3.8, 4) is 0 Å². The van der Waals surface area contributed by atoms with Gasteiger partial charge in [0.15, 0.2) is 0 Å². The molecule has 0 aliphatic rings. The lowest BCUT2D eigenvalue weighted by Gasteiger charge is -2.10. The highest BCUT2D eigenvalue weighted by Crippen LogP contribution is 2.06. The molecule has 18 heavy (non-hydrogen) atoms. The third-order valence-corrected chi connectivity index (χ3v) is 2.65. The van der Waals surface area contributed by atoms with Gasteiger partial charge in [-0.15, -0.1) is 0 Å². The van der Waals surface area contributed by atoms with E-state index in [1.54, 1.807) is 7.11 Å². The maximum atomic E-state index is 11.6. The van der Waals surface area contributed by atoms with Crippen LogP contribution in [0.3, 0.4) is 0 Å². The van der Waals surface area contributed by atoms with Crippen LogP contribution in [0.25, 0.3) is 0 Å². The first kappa shape index (κ1) is 14.7. The van der Waals surface area contributed by atoms with Gasteiger partial charge in [-0.3, -0.25) is 4.79 Å². The van der Waals surface area contributed by atoms with E-state index in [9.17, 15) is 4.79 Å². The summed E-state index contributed by atoms with van der Waals surface area (Å²) in [7, 11) is 1.63. The Morgan fingerprint density at radius 1 is 1.44 bits per heavy atom. The fourth-order valence-electron chi connectivity index (χ4n) is 1.77. The maximum Gasteiger partial charge on any atom is 0.220 e. The quantitative estimate of drug-likeness (QED) is 0.771. The standard InChI is InChI=1S/C14H21NO3/c1-11(10-18-2)6-14(17)15-8-12-4-3-5-13(7-12)9-16/h3-5,7,11,16H,6,8-10H2,1-2H3,(H,15,17). The molecule has 100 valence electrons. The van der Waals surface area contributed by atoms with Gasteiger partial charge in [-0.2, -0.15) is 0 Å². The van der Waals surface area contributed by atoms with Crippen LogP contribution in [-0.4, -0.2) is 24.7 Å². The molecule has 0 aliphatic heterocycles. The molecule has 0 saturated carbocycles. The van der Waals surface area contributed by atoms with Crippen LogP contribution in [0.5, 0.6) is 0 Å². The largest absolute Gasteiger partial charge is 0.392 e. The second-order valence-electron chi connectivity index (χ2n) is 4.52. The second kappa shape index (κ2) is 7.84. The first-order valence-electron chi connectivity index (χ1n) is 6.10. The Morgan fingerprint density at radius 2 is 2.17 bits per heavy atom. The molecular weight excluding hydrogens is 230 g/mol. The molecule has 4 heteroatoms. The number of hydrogen-bond acceptors (Lipinski definition) is 3. The van der Waals surface area contributed by atoms with E-state index < -0.39 is 0 Å². The molecule has 0 fully saturated rings. The molecule has 4 nitrogen and oxygen atoms in total. The van der Waals surface area contributed by atoms with Gasteiger partial charge in [0.1, 0.15) is 0 Å². The Kier molecular flexibility index (Phi) is 6.39. The SMILES string of the molecule is COCC(C)CC(=O)NCc1cccc(CO)c1. The first-order valence-corrected chi connectivity index (χ1v) is 6.10. The van der Waals surface area contributed by atoms with Gasteiger partial charge in [0.25, 0.3) is 0 Å². The minimum absolute atomic E-state index is 0.0205. The zero-order valence-electron chi connectivity index (χ0n) is 11.0. The van der Waals surface area contributed by atoms with Crippen molar-refractivity contribution >= 4 is 5.91 Å². The summed E-state index contributed by atoms with van der Waals surface area (Å²) >= 11 is 0. The van der Waals surface area contributed by atoms with Gasteiger partial charge in [0, 0.05) is 26.7 Å². The topological polar surface area (TPSA) is 58.6 Å². The van der Waals surface area contributed by atoms with Crippen molar-refractivity contribution in [3.05, 3.63) is 35.4 Å². The van der Waals surface area contributed by atoms with Crippen LogP contribution in [0.4, 0.5) is 0 Å². The number of aliphatic hydroxyl groups is 1. The lowest BCUT2D eigenvalue weighted by Crippen LogP contribution is -2.25. The van der Waals surface area contributed by atoms with Gasteiger partial charge in [-0.1, -0.05) is 31.2 Å². The highest BCUT2D eigenvalue weighted by atomic mass is 16.5. The lowest BCUT2D eigenvalue weighted by atomic mass is 10.1. The maximum absolute atomic E-state index is 11.6. The van der Waals surface area contributed by atoms with E-state index in [0.29, 0.717) is 19.6 Å². The average Bonchev–Trinajstić information content (AvgIpc) is 2.37. The number of carbonyl (C=O) groups is 1. The summed E-state index contributed by atoms with van der Waals surface area (Å²) in [4.78, 5) is 11.6. The molecule has 0 saturated heterocycles. The summed E-state index contributed by atoms with van der Waals surface area (Å²) in [5.74, 6) is 0.243. The minimum atomic E-state index is 0.0205. The number of methoxy groups -OCH3 is 1. The molecular formula is C14H21NO3. The third kappa shape index (κ3) is 5.29. The minimum Gasteiger partial charge on any atom is -0.392 e. The summed E-state index contributed by atoms with van der Waals surface area (Å²) in [5, 5.41) is 11.9. The lowest BCUT2D eigenvalue weighted by molar-refractivity contribution is -0.122. The molecule has 1 unspecified atom stereocenters. The normalized spacial score (nSPS) is 12.2. The Labute approximate surface area is 108 Å². The van der Waals surface area contributed by atoms with Crippen molar-refractivity contribution in [2.45, 2.75) is 26.5 Å². The fourth-order valence-corrected chi connectivity index (χ4v) is 1.77. The van der Waals surface area contributed by atoms with Crippen LogP contribution >= 0.6 is 0 Å². The fraction of sp³-hybridized carbons (Fsp3) is 0.500. The van der Waals surface area contributed by atoms with E-state index in [2.05, 4.69) is 5.32 Å². The molecule has 1 atom stereocenters. The van der Waals surface area contributed by atoms with Gasteiger partial charge >= 0.3 is 0 Å². The summed E-state index contributed by atoms with van der Waals surface area (Å²) in [6.07, 6.45) is 0.466. The van der Waals surface area contributed by atoms with Gasteiger partial charge in [-0.05, 0) is 17.0 Å². The van der Waals surface area contributed by atoms with Crippen molar-refractivity contribution in [2.24, 2.45) is 5.92 Å². The van der Waals surface area contributed by atoms with E-state index in [-0.39, 0.29) is 18.4 Å². The van der Waals surface area contributed by atoms with Gasteiger partial charge in [0.05, 0.1) is 6.61 Å². The molecule has 1 amide bonds. The molecule has 1 rings (SSSR count). The van der Waals surface area contributed by atoms with E-state index >= 15 is 0 Å². The van der Waals surface area contributed by atoms with Gasteiger partial charge < -0.3 is 15.2 Å². The average molecular weight is 251 g/mol. The molecule has 0 radical (unpaired) electrons. The van der Waals surface area contributed by atoms with E-state index in [1.165, 1.54) is 0 Å². The van der Waals surface area contributed by atoms with Crippen molar-refractivity contribution in [2.75, 3.05) is 13.7 Å². The number of aliphatic hydroxyl groups excluding tert-OH is 1. The van der Waals surface area contributed by atoms with Crippen molar-refractivity contribution < 1.29 is 14.6 Å². The predicted molar refractivity (Wildman–Crippen MR) is 69.9 cm³/mol. The number of carbonyl (C=O) groups excluding carboxylic acids is 1. The molecule has 0 aliphatic carbocycles. The van der Waals surface area contributed by atoms with Crippen LogP contribution in [0.2, 0.25) is 0 Å². The Bertz CT molecular complexity index is 379. The third-order valence-electron chi connectivity index (χ3n) is 2.65. The zero-order chi connectivity index (χ0) is 13.4. The second-order valence-corrected chi connectivity index (χ2v) is 4.52. The predicted octanol–water partition coefficient (Wildman–Crippen LogP) is 1.47. The smallest absolute Gasteiger partial charge is 0.220 e. The highest BCUT2D eigenvalue weighted by Gasteiger charge is 2.08. The molecule has 2 N–H and O–H groups in total. The molecule has 1 aromatic rings. The molecule has 0 bridgehead atoms. The number of hydrogen-bond donors (Lipinski definition) is 2.